The van der Waals surface area contributed by atoms with E-state index in [0.717, 1.165) is 17.1 Å². The lowest BCUT2D eigenvalue weighted by atomic mass is 9.99. The molecule has 1 aliphatic heterocycles. The van der Waals surface area contributed by atoms with Crippen LogP contribution in [-0.2, 0) is 19.6 Å². The first-order valence-electron chi connectivity index (χ1n) is 10.3. The van der Waals surface area contributed by atoms with Crippen molar-refractivity contribution in [2.24, 2.45) is 11.7 Å². The van der Waals surface area contributed by atoms with Crippen molar-refractivity contribution in [1.82, 2.24) is 14.6 Å². The summed E-state index contributed by atoms with van der Waals surface area (Å²) in [5.41, 5.74) is 5.48. The van der Waals surface area contributed by atoms with Gasteiger partial charge in [0.15, 0.2) is 5.03 Å². The topological polar surface area (TPSA) is 143 Å². The van der Waals surface area contributed by atoms with E-state index < -0.39 is 34.1 Å². The minimum atomic E-state index is -4.14. The van der Waals surface area contributed by atoms with E-state index in [9.17, 15) is 23.1 Å². The Kier molecular flexibility index (Phi) is 7.43. The molecule has 1 aromatic rings. The Morgan fingerprint density at radius 1 is 1.23 bits per heavy atom. The van der Waals surface area contributed by atoms with Crippen LogP contribution in [0.1, 0.15) is 44.9 Å². The number of hydrogen-bond donors (Lipinski definition) is 3. The number of aromatic nitrogens is 1. The van der Waals surface area contributed by atoms with Crippen LogP contribution in [0.4, 0.5) is 0 Å². The molecule has 2 unspecified atom stereocenters. The molecule has 0 bridgehead atoms. The van der Waals surface area contributed by atoms with Gasteiger partial charge < -0.3 is 16.2 Å². The largest absolute Gasteiger partial charge is 0.389 e. The molecule has 0 aromatic carbocycles. The lowest BCUT2D eigenvalue weighted by Gasteiger charge is -2.31. The zero-order chi connectivity index (χ0) is 21.7. The summed E-state index contributed by atoms with van der Waals surface area (Å²) in [6, 6.07) is 2.15. The third kappa shape index (κ3) is 5.16. The molecular weight excluding hydrogens is 408 g/mol. The monoisotopic (exact) mass is 437 g/mol. The van der Waals surface area contributed by atoms with Crippen molar-refractivity contribution in [3.05, 3.63) is 30.8 Å². The van der Waals surface area contributed by atoms with Gasteiger partial charge in [-0.15, -0.1) is 0 Å². The van der Waals surface area contributed by atoms with Gasteiger partial charge in [0.2, 0.25) is 11.8 Å². The molecule has 9 nitrogen and oxygen atoms in total. The Bertz CT molecular complexity index is 842. The van der Waals surface area contributed by atoms with Crippen LogP contribution < -0.4 is 11.1 Å². The van der Waals surface area contributed by atoms with E-state index in [2.05, 4.69) is 10.3 Å². The van der Waals surface area contributed by atoms with Gasteiger partial charge in [-0.2, -0.15) is 4.31 Å². The third-order valence-electron chi connectivity index (χ3n) is 5.88. The number of nitrogens with two attached hydrogens (primary N) is 1. The average molecular weight is 438 g/mol. The fraction of sp³-hybridized carbons (Fsp3) is 0.600. The molecule has 1 aromatic heterocycles. The summed E-state index contributed by atoms with van der Waals surface area (Å²) < 4.78 is 27.0. The van der Waals surface area contributed by atoms with Crippen LogP contribution in [0.5, 0.6) is 0 Å². The highest BCUT2D eigenvalue weighted by atomic mass is 32.2. The number of nitrogens with zero attached hydrogens (tertiary/aromatic N) is 2. The number of aliphatic hydroxyl groups excluding tert-OH is 1. The van der Waals surface area contributed by atoms with Gasteiger partial charge in [0.1, 0.15) is 6.04 Å². The van der Waals surface area contributed by atoms with Crippen LogP contribution in [0.3, 0.4) is 0 Å². The van der Waals surface area contributed by atoms with E-state index in [1.807, 2.05) is 0 Å². The van der Waals surface area contributed by atoms with Crippen LogP contribution in [0.25, 0.3) is 0 Å². The van der Waals surface area contributed by atoms with E-state index in [0.29, 0.717) is 25.2 Å². The Labute approximate surface area is 177 Å². The molecule has 1 saturated carbocycles. The maximum absolute atomic E-state index is 13.0. The van der Waals surface area contributed by atoms with Crippen molar-refractivity contribution in [3.8, 4) is 0 Å². The van der Waals surface area contributed by atoms with Gasteiger partial charge in [0, 0.05) is 19.2 Å². The fourth-order valence-corrected chi connectivity index (χ4v) is 5.87. The number of primary amides is 1. The Hall–Kier alpha value is -2.04. The molecule has 2 aliphatic rings. The predicted molar refractivity (Wildman–Crippen MR) is 109 cm³/mol. The lowest BCUT2D eigenvalue weighted by molar-refractivity contribution is -0.127. The minimum absolute atomic E-state index is 0.0122. The average Bonchev–Trinajstić information content (AvgIpc) is 3.18. The summed E-state index contributed by atoms with van der Waals surface area (Å²) in [6.45, 7) is -0.0122. The van der Waals surface area contributed by atoms with Crippen molar-refractivity contribution in [2.75, 3.05) is 6.54 Å². The van der Waals surface area contributed by atoms with Crippen molar-refractivity contribution in [2.45, 2.75) is 68.2 Å². The summed E-state index contributed by atoms with van der Waals surface area (Å²) in [4.78, 5) is 28.4. The standard InChI is InChI=1S/C20H29N4O5S/c21-20(27)18-19(26)15(23-16(25)11-10-14-6-1-2-7-14)8-5-13-24(18)30(28,29)17-9-3-4-12-22-17/h3-4,9,11-12,14-15,18-19,26H,1-2,5-8,10,13H2,(H2,21,27)(H,23,25)/t15?,18?,19-/m0/s1. The normalized spacial score (nSPS) is 26.2. The number of sulfonamides is 1. The zero-order valence-electron chi connectivity index (χ0n) is 16.8. The second-order valence-corrected chi connectivity index (χ2v) is 9.81. The van der Waals surface area contributed by atoms with Gasteiger partial charge in [-0.1, -0.05) is 31.7 Å². The van der Waals surface area contributed by atoms with Crippen molar-refractivity contribution >= 4 is 21.8 Å². The van der Waals surface area contributed by atoms with E-state index in [1.165, 1.54) is 31.2 Å². The molecule has 1 aliphatic carbocycles. The number of carbonyl (C=O) groups excluding carboxylic acids is 2. The van der Waals surface area contributed by atoms with E-state index in [4.69, 9.17) is 5.73 Å². The number of nitrogens with one attached hydrogen (secondary N) is 1. The summed E-state index contributed by atoms with van der Waals surface area (Å²) in [5.74, 6) is -0.791. The first kappa shape index (κ1) is 22.6. The number of hydrogen-bond acceptors (Lipinski definition) is 6. The molecule has 30 heavy (non-hydrogen) atoms. The molecule has 4 N–H and O–H groups in total. The van der Waals surface area contributed by atoms with Crippen LogP contribution in [0.15, 0.2) is 29.4 Å². The summed E-state index contributed by atoms with van der Waals surface area (Å²) in [5, 5.41) is 13.3. The fourth-order valence-electron chi connectivity index (χ4n) is 4.29. The lowest BCUT2D eigenvalue weighted by Crippen LogP contribution is -2.58. The molecule has 1 radical (unpaired) electrons. The predicted octanol–water partition coefficient (Wildman–Crippen LogP) is 0.350. The highest BCUT2D eigenvalue weighted by Gasteiger charge is 2.44. The molecule has 1 saturated heterocycles. The van der Waals surface area contributed by atoms with Gasteiger partial charge in [-0.05, 0) is 37.3 Å². The van der Waals surface area contributed by atoms with Gasteiger partial charge in [-0.3, -0.25) is 9.59 Å². The Morgan fingerprint density at radius 3 is 2.60 bits per heavy atom. The number of rotatable bonds is 7. The number of amides is 2. The second-order valence-electron chi connectivity index (χ2n) is 7.97. The molecule has 2 fully saturated rings. The van der Waals surface area contributed by atoms with Gasteiger partial charge >= 0.3 is 0 Å². The van der Waals surface area contributed by atoms with E-state index in [-0.39, 0.29) is 17.5 Å². The van der Waals surface area contributed by atoms with E-state index >= 15 is 0 Å². The number of pyridine rings is 1. The zero-order valence-corrected chi connectivity index (χ0v) is 17.6. The molecule has 165 valence electrons. The maximum Gasteiger partial charge on any atom is 0.261 e. The molecule has 2 heterocycles. The van der Waals surface area contributed by atoms with Crippen molar-refractivity contribution in [3.63, 3.8) is 0 Å². The first-order valence-corrected chi connectivity index (χ1v) is 11.8. The molecule has 3 rings (SSSR count). The maximum atomic E-state index is 13.0. The molecular formula is C20H29N4O5S. The SMILES string of the molecule is NC(=O)C1[C@@H](O)C(NC(=O)[CH]CC2CCCC2)CCCN1S(=O)(=O)c1ccccn1. The smallest absolute Gasteiger partial charge is 0.261 e. The minimum Gasteiger partial charge on any atom is -0.389 e. The Balaban J connectivity index is 1.72. The van der Waals surface area contributed by atoms with Crippen LogP contribution in [0.2, 0.25) is 0 Å². The molecule has 3 atom stereocenters. The van der Waals surface area contributed by atoms with Crippen LogP contribution >= 0.6 is 0 Å². The summed E-state index contributed by atoms with van der Waals surface area (Å²) >= 11 is 0. The molecule has 2 amide bonds. The number of carbonyl (C=O) groups is 2. The van der Waals surface area contributed by atoms with Crippen molar-refractivity contribution in [1.29, 1.82) is 0 Å². The third-order valence-corrected chi connectivity index (χ3v) is 7.68. The van der Waals surface area contributed by atoms with Crippen molar-refractivity contribution < 1.29 is 23.1 Å². The molecule has 10 heteroatoms. The summed E-state index contributed by atoms with van der Waals surface area (Å²) in [7, 11) is -4.14. The quantitative estimate of drug-likeness (QED) is 0.562. The highest BCUT2D eigenvalue weighted by Crippen LogP contribution is 2.28. The van der Waals surface area contributed by atoms with Crippen LogP contribution in [-0.4, -0.2) is 59.4 Å². The highest BCUT2D eigenvalue weighted by molar-refractivity contribution is 7.89. The van der Waals surface area contributed by atoms with Gasteiger partial charge in [-0.25, -0.2) is 13.4 Å². The first-order chi connectivity index (χ1) is 14.3. The van der Waals surface area contributed by atoms with Gasteiger partial charge in [0.25, 0.3) is 10.0 Å². The van der Waals surface area contributed by atoms with Crippen LogP contribution in [0, 0.1) is 12.3 Å². The summed E-state index contributed by atoms with van der Waals surface area (Å²) in [6.07, 6.45) is 7.38. The van der Waals surface area contributed by atoms with E-state index in [1.54, 1.807) is 12.5 Å². The van der Waals surface area contributed by atoms with Gasteiger partial charge in [0.05, 0.1) is 12.1 Å². The number of aliphatic hydroxyl groups is 1. The Morgan fingerprint density at radius 2 is 1.97 bits per heavy atom. The second kappa shape index (κ2) is 9.84. The molecule has 0 spiro atoms.